The van der Waals surface area contributed by atoms with Crippen molar-refractivity contribution >= 4 is 15.8 Å². The fourth-order valence-corrected chi connectivity index (χ4v) is 3.31. The Hall–Kier alpha value is -1.89. The first-order valence-corrected chi connectivity index (χ1v) is 9.07. The molecular weight excluding hydrogens is 317 g/mol. The van der Waals surface area contributed by atoms with Gasteiger partial charge in [0.2, 0.25) is 0 Å². The Balaban J connectivity index is 2.57. The van der Waals surface area contributed by atoms with Crippen molar-refractivity contribution < 1.29 is 12.8 Å². The molecule has 0 saturated heterocycles. The fraction of sp³-hybridized carbons (Fsp3) is 0.438. The molecule has 0 atom stereocenters. The van der Waals surface area contributed by atoms with Gasteiger partial charge in [0, 0.05) is 27.2 Å². The number of rotatable bonds is 8. The molecular formula is C16H24FN3O2S. The molecule has 1 aromatic carbocycles. The highest BCUT2D eigenvalue weighted by molar-refractivity contribution is 7.91. The first-order valence-electron chi connectivity index (χ1n) is 7.42. The summed E-state index contributed by atoms with van der Waals surface area (Å²) in [5.74, 6) is -0.316. The van der Waals surface area contributed by atoms with E-state index in [0.717, 1.165) is 25.5 Å². The number of unbranched alkanes of at least 4 members (excludes halogenated alkanes) is 1. The molecule has 0 saturated carbocycles. The van der Waals surface area contributed by atoms with Crippen LogP contribution in [0.25, 0.3) is 0 Å². The van der Waals surface area contributed by atoms with Gasteiger partial charge in [-0.3, -0.25) is 4.99 Å². The van der Waals surface area contributed by atoms with Crippen LogP contribution in [0.2, 0.25) is 0 Å². The molecule has 23 heavy (non-hydrogen) atoms. The smallest absolute Gasteiger partial charge is 0.193 e. The molecule has 0 aliphatic heterocycles. The van der Waals surface area contributed by atoms with Crippen molar-refractivity contribution in [3.05, 3.63) is 42.7 Å². The van der Waals surface area contributed by atoms with Crippen LogP contribution in [0.3, 0.4) is 0 Å². The van der Waals surface area contributed by atoms with Gasteiger partial charge in [-0.15, -0.1) is 6.58 Å². The lowest BCUT2D eigenvalue weighted by molar-refractivity contribution is 0.471. The van der Waals surface area contributed by atoms with Crippen molar-refractivity contribution in [1.29, 1.82) is 0 Å². The standard InChI is InChI=1S/C16H24FN3O2S/c1-4-5-8-12-20(3)16(18-2)19-11-13-23(21,22)15-10-7-6-9-14(15)17/h4,6-7,9-10H,1,5,8,11-13H2,2-3H3,(H,18,19). The molecule has 0 amide bonds. The minimum Gasteiger partial charge on any atom is -0.355 e. The number of aliphatic imine (C=N–C) groups is 1. The fourth-order valence-electron chi connectivity index (χ4n) is 2.07. The number of nitrogens with one attached hydrogen (secondary N) is 1. The average molecular weight is 341 g/mol. The van der Waals surface area contributed by atoms with Crippen LogP contribution in [0.15, 0.2) is 46.8 Å². The Labute approximate surface area is 137 Å². The number of hydrogen-bond donors (Lipinski definition) is 1. The van der Waals surface area contributed by atoms with Gasteiger partial charge >= 0.3 is 0 Å². The number of benzene rings is 1. The van der Waals surface area contributed by atoms with Gasteiger partial charge < -0.3 is 10.2 Å². The van der Waals surface area contributed by atoms with E-state index in [1.807, 2.05) is 18.0 Å². The Morgan fingerprint density at radius 3 is 2.74 bits per heavy atom. The normalized spacial score (nSPS) is 12.0. The molecule has 0 heterocycles. The van der Waals surface area contributed by atoms with Crippen LogP contribution in [-0.2, 0) is 9.84 Å². The third-order valence-electron chi connectivity index (χ3n) is 3.30. The number of nitrogens with zero attached hydrogens (tertiary/aromatic N) is 2. The van der Waals surface area contributed by atoms with Gasteiger partial charge in [0.05, 0.1) is 5.75 Å². The van der Waals surface area contributed by atoms with E-state index in [0.29, 0.717) is 5.96 Å². The molecule has 0 fully saturated rings. The second-order valence-electron chi connectivity index (χ2n) is 5.08. The van der Waals surface area contributed by atoms with Gasteiger partial charge in [-0.1, -0.05) is 18.2 Å². The van der Waals surface area contributed by atoms with Gasteiger partial charge in [-0.05, 0) is 25.0 Å². The predicted octanol–water partition coefficient (Wildman–Crippen LogP) is 2.07. The third-order valence-corrected chi connectivity index (χ3v) is 5.04. The topological polar surface area (TPSA) is 61.8 Å². The molecule has 0 aromatic heterocycles. The summed E-state index contributed by atoms with van der Waals surface area (Å²) in [5.41, 5.74) is 0. The molecule has 7 heteroatoms. The molecule has 0 aliphatic rings. The van der Waals surface area contributed by atoms with E-state index in [9.17, 15) is 12.8 Å². The highest BCUT2D eigenvalue weighted by atomic mass is 32.2. The molecule has 0 unspecified atom stereocenters. The van der Waals surface area contributed by atoms with Gasteiger partial charge in [-0.2, -0.15) is 0 Å². The van der Waals surface area contributed by atoms with E-state index in [1.54, 1.807) is 7.05 Å². The predicted molar refractivity (Wildman–Crippen MR) is 91.9 cm³/mol. The summed E-state index contributed by atoms with van der Waals surface area (Å²) in [5, 5.41) is 2.99. The van der Waals surface area contributed by atoms with Crippen molar-refractivity contribution in [3.8, 4) is 0 Å². The maximum absolute atomic E-state index is 13.6. The van der Waals surface area contributed by atoms with E-state index in [-0.39, 0.29) is 17.2 Å². The van der Waals surface area contributed by atoms with Crippen molar-refractivity contribution in [3.63, 3.8) is 0 Å². The number of sulfone groups is 1. The second kappa shape index (κ2) is 9.29. The largest absolute Gasteiger partial charge is 0.355 e. The van der Waals surface area contributed by atoms with Crippen LogP contribution in [0.5, 0.6) is 0 Å². The number of guanidine groups is 1. The van der Waals surface area contributed by atoms with Gasteiger partial charge in [0.1, 0.15) is 10.7 Å². The Bertz CT molecular complexity index is 644. The Kier molecular flexibility index (Phi) is 7.74. The molecule has 1 aromatic rings. The van der Waals surface area contributed by atoms with Gasteiger partial charge in [0.15, 0.2) is 15.8 Å². The molecule has 5 nitrogen and oxygen atoms in total. The van der Waals surface area contributed by atoms with Crippen LogP contribution in [0.1, 0.15) is 12.8 Å². The molecule has 1 rings (SSSR count). The van der Waals surface area contributed by atoms with E-state index in [4.69, 9.17) is 0 Å². The summed E-state index contributed by atoms with van der Waals surface area (Å²) in [6.45, 7) is 4.62. The van der Waals surface area contributed by atoms with Crippen LogP contribution in [0.4, 0.5) is 4.39 Å². The van der Waals surface area contributed by atoms with Gasteiger partial charge in [0.25, 0.3) is 0 Å². The van der Waals surface area contributed by atoms with Crippen molar-refractivity contribution in [2.75, 3.05) is 32.9 Å². The minimum absolute atomic E-state index is 0.162. The number of halogens is 1. The first-order chi connectivity index (χ1) is 10.9. The molecule has 1 N–H and O–H groups in total. The second-order valence-corrected chi connectivity index (χ2v) is 7.15. The summed E-state index contributed by atoms with van der Waals surface area (Å²) in [6, 6.07) is 5.40. The van der Waals surface area contributed by atoms with Crippen molar-refractivity contribution in [2.45, 2.75) is 17.7 Å². The lowest BCUT2D eigenvalue weighted by Gasteiger charge is -2.21. The van der Waals surface area contributed by atoms with E-state index in [1.165, 1.54) is 18.2 Å². The maximum Gasteiger partial charge on any atom is 0.193 e. The van der Waals surface area contributed by atoms with E-state index in [2.05, 4.69) is 16.9 Å². The number of hydrogen-bond acceptors (Lipinski definition) is 3. The van der Waals surface area contributed by atoms with Crippen LogP contribution < -0.4 is 5.32 Å². The zero-order chi connectivity index (χ0) is 17.3. The number of allylic oxidation sites excluding steroid dienone is 1. The Morgan fingerprint density at radius 2 is 2.13 bits per heavy atom. The summed E-state index contributed by atoms with van der Waals surface area (Å²) >= 11 is 0. The van der Waals surface area contributed by atoms with Crippen LogP contribution in [-0.4, -0.2) is 52.2 Å². The first kappa shape index (κ1) is 19.2. The molecule has 0 spiro atoms. The minimum atomic E-state index is -3.67. The summed E-state index contributed by atoms with van der Waals surface area (Å²) in [6.07, 6.45) is 3.70. The van der Waals surface area contributed by atoms with E-state index < -0.39 is 15.7 Å². The highest BCUT2D eigenvalue weighted by Crippen LogP contribution is 2.14. The summed E-state index contributed by atoms with van der Waals surface area (Å²) in [4.78, 5) is 5.76. The average Bonchev–Trinajstić information content (AvgIpc) is 2.52. The van der Waals surface area contributed by atoms with Crippen molar-refractivity contribution in [1.82, 2.24) is 10.2 Å². The maximum atomic E-state index is 13.6. The van der Waals surface area contributed by atoms with Crippen molar-refractivity contribution in [2.24, 2.45) is 4.99 Å². The van der Waals surface area contributed by atoms with Crippen LogP contribution >= 0.6 is 0 Å². The molecule has 128 valence electrons. The van der Waals surface area contributed by atoms with Gasteiger partial charge in [-0.25, -0.2) is 12.8 Å². The molecule has 0 radical (unpaired) electrons. The zero-order valence-corrected chi connectivity index (χ0v) is 14.4. The third kappa shape index (κ3) is 6.02. The lowest BCUT2D eigenvalue weighted by Crippen LogP contribution is -2.41. The van der Waals surface area contributed by atoms with E-state index >= 15 is 0 Å². The molecule has 0 aliphatic carbocycles. The lowest BCUT2D eigenvalue weighted by atomic mass is 10.3. The quantitative estimate of drug-likeness (QED) is 0.340. The summed E-state index contributed by atoms with van der Waals surface area (Å²) in [7, 11) is -0.150. The monoisotopic (exact) mass is 341 g/mol. The summed E-state index contributed by atoms with van der Waals surface area (Å²) < 4.78 is 37.9. The highest BCUT2D eigenvalue weighted by Gasteiger charge is 2.18. The Morgan fingerprint density at radius 1 is 1.43 bits per heavy atom. The zero-order valence-electron chi connectivity index (χ0n) is 13.6. The van der Waals surface area contributed by atoms with Crippen LogP contribution in [0, 0.1) is 5.82 Å². The molecule has 0 bridgehead atoms. The SMILES string of the molecule is C=CCCCN(C)C(=NC)NCCS(=O)(=O)c1ccccc1F.